The minimum atomic E-state index is -3.34. The third-order valence-corrected chi connectivity index (χ3v) is 9.29. The van der Waals surface area contributed by atoms with Crippen molar-refractivity contribution >= 4 is 50.6 Å². The summed E-state index contributed by atoms with van der Waals surface area (Å²) in [5, 5.41) is 7.27. The van der Waals surface area contributed by atoms with Crippen LogP contribution in [0.5, 0.6) is 0 Å². The maximum atomic E-state index is 13.0. The highest BCUT2D eigenvalue weighted by atomic mass is 35.5. The molecule has 11 heteroatoms. The van der Waals surface area contributed by atoms with Gasteiger partial charge in [-0.3, -0.25) is 4.79 Å². The molecule has 2 aromatic rings. The summed E-state index contributed by atoms with van der Waals surface area (Å²) in [5.74, 6) is 0.221. The number of nitrogens with one attached hydrogen (secondary N) is 2. The Morgan fingerprint density at radius 3 is 2.64 bits per heavy atom. The van der Waals surface area contributed by atoms with E-state index in [0.29, 0.717) is 46.7 Å². The van der Waals surface area contributed by atoms with E-state index in [-0.39, 0.29) is 18.2 Å². The molecule has 2 saturated heterocycles. The van der Waals surface area contributed by atoms with Gasteiger partial charge in [0, 0.05) is 60.9 Å². The number of rotatable bonds is 8. The van der Waals surface area contributed by atoms with E-state index in [1.165, 1.54) is 10.5 Å². The first-order valence-corrected chi connectivity index (χ1v) is 14.7. The van der Waals surface area contributed by atoms with Crippen LogP contribution in [-0.4, -0.2) is 62.2 Å². The van der Waals surface area contributed by atoms with Crippen molar-refractivity contribution in [2.75, 3.05) is 49.2 Å². The lowest BCUT2D eigenvalue weighted by molar-refractivity contribution is -0.120. The lowest BCUT2D eigenvalue weighted by Gasteiger charge is -2.30. The van der Waals surface area contributed by atoms with Crippen LogP contribution in [0.4, 0.5) is 11.5 Å². The van der Waals surface area contributed by atoms with Gasteiger partial charge in [0.25, 0.3) is 0 Å². The molecular weight excluding hydrogens is 523 g/mol. The maximum Gasteiger partial charge on any atom is 0.229 e. The number of halogens is 2. The second-order valence-electron chi connectivity index (χ2n) is 9.27. The van der Waals surface area contributed by atoms with Crippen molar-refractivity contribution in [1.29, 1.82) is 0 Å². The van der Waals surface area contributed by atoms with Crippen molar-refractivity contribution in [3.05, 3.63) is 40.5 Å². The summed E-state index contributed by atoms with van der Waals surface area (Å²) in [5.41, 5.74) is 2.31. The van der Waals surface area contributed by atoms with E-state index >= 15 is 0 Å². The number of carbonyl (C=O) groups excluding carboxylic acids is 1. The van der Waals surface area contributed by atoms with Crippen LogP contribution in [-0.2, 0) is 19.6 Å². The number of piperidine rings is 1. The van der Waals surface area contributed by atoms with E-state index in [2.05, 4.69) is 15.6 Å². The van der Waals surface area contributed by atoms with Crippen LogP contribution in [0.3, 0.4) is 0 Å². The van der Waals surface area contributed by atoms with E-state index in [1.807, 2.05) is 18.2 Å². The molecule has 36 heavy (non-hydrogen) atoms. The molecule has 0 radical (unpaired) electrons. The largest absolute Gasteiger partial charge is 0.385 e. The molecule has 196 valence electrons. The van der Waals surface area contributed by atoms with Gasteiger partial charge < -0.3 is 15.4 Å². The molecule has 2 fully saturated rings. The third kappa shape index (κ3) is 6.69. The predicted octanol–water partition coefficient (Wildman–Crippen LogP) is 4.89. The Labute approximate surface area is 222 Å². The number of nitrogens with zero attached hydrogens (tertiary/aromatic N) is 2. The molecule has 1 atom stereocenters. The third-order valence-electron chi connectivity index (χ3n) is 6.81. The maximum absolute atomic E-state index is 13.0. The molecule has 4 rings (SSSR count). The van der Waals surface area contributed by atoms with Crippen LogP contribution in [0.25, 0.3) is 11.1 Å². The van der Waals surface area contributed by atoms with Crippen molar-refractivity contribution in [1.82, 2.24) is 9.29 Å². The average molecular weight is 556 g/mol. The molecule has 0 unspecified atom stereocenters. The number of hydrogen-bond donors (Lipinski definition) is 2. The number of carbonyl (C=O) groups is 1. The van der Waals surface area contributed by atoms with Gasteiger partial charge in [0.2, 0.25) is 15.9 Å². The molecule has 0 saturated carbocycles. The van der Waals surface area contributed by atoms with E-state index in [0.717, 1.165) is 43.9 Å². The number of hydrogen-bond acceptors (Lipinski definition) is 6. The SMILES string of the molecule is CCS(=O)(=O)N1CCC[C@H](C(=O)Nc2cc(-c3cc(NCC4CCOCC4)ccc3Cl)c(Cl)cn2)C1. The van der Waals surface area contributed by atoms with Crippen LogP contribution < -0.4 is 10.6 Å². The fraction of sp³-hybridized carbons (Fsp3) is 0.520. The Kier molecular flexibility index (Phi) is 9.11. The highest BCUT2D eigenvalue weighted by molar-refractivity contribution is 7.89. The molecular formula is C25H32Cl2N4O4S. The smallest absolute Gasteiger partial charge is 0.229 e. The monoisotopic (exact) mass is 554 g/mol. The summed E-state index contributed by atoms with van der Waals surface area (Å²) in [7, 11) is -3.34. The second-order valence-corrected chi connectivity index (χ2v) is 12.3. The van der Waals surface area contributed by atoms with E-state index in [4.69, 9.17) is 27.9 Å². The molecule has 8 nitrogen and oxygen atoms in total. The number of ether oxygens (including phenoxy) is 1. The van der Waals surface area contributed by atoms with Crippen LogP contribution in [0.2, 0.25) is 10.0 Å². The Balaban J connectivity index is 1.48. The van der Waals surface area contributed by atoms with E-state index < -0.39 is 15.9 Å². The van der Waals surface area contributed by atoms with E-state index in [1.54, 1.807) is 13.0 Å². The zero-order valence-corrected chi connectivity index (χ0v) is 22.6. The van der Waals surface area contributed by atoms with Crippen molar-refractivity contribution in [3.8, 4) is 11.1 Å². The summed E-state index contributed by atoms with van der Waals surface area (Å²) < 4.78 is 31.4. The second kappa shape index (κ2) is 12.1. The first-order valence-electron chi connectivity index (χ1n) is 12.3. The van der Waals surface area contributed by atoms with Gasteiger partial charge in [0.05, 0.1) is 16.7 Å². The predicted molar refractivity (Wildman–Crippen MR) is 144 cm³/mol. The lowest BCUT2D eigenvalue weighted by atomic mass is 9.98. The first-order chi connectivity index (χ1) is 17.3. The highest BCUT2D eigenvalue weighted by Crippen LogP contribution is 2.36. The summed E-state index contributed by atoms with van der Waals surface area (Å²) in [6.07, 6.45) is 4.82. The molecule has 3 heterocycles. The summed E-state index contributed by atoms with van der Waals surface area (Å²) >= 11 is 13.0. The Bertz CT molecular complexity index is 1190. The van der Waals surface area contributed by atoms with Gasteiger partial charge in [0.15, 0.2) is 0 Å². The minimum Gasteiger partial charge on any atom is -0.385 e. The minimum absolute atomic E-state index is 0.0210. The van der Waals surface area contributed by atoms with Crippen LogP contribution in [0, 0.1) is 11.8 Å². The molecule has 0 aliphatic carbocycles. The quantitative estimate of drug-likeness (QED) is 0.481. The fourth-order valence-corrected chi connectivity index (χ4v) is 6.19. The zero-order valence-electron chi connectivity index (χ0n) is 20.3. The molecule has 2 aliphatic rings. The Morgan fingerprint density at radius 1 is 1.14 bits per heavy atom. The van der Waals surface area contributed by atoms with Gasteiger partial charge in [0.1, 0.15) is 5.82 Å². The van der Waals surface area contributed by atoms with Gasteiger partial charge in [-0.15, -0.1) is 0 Å². The molecule has 1 amide bonds. The Morgan fingerprint density at radius 2 is 1.89 bits per heavy atom. The molecule has 0 bridgehead atoms. The van der Waals surface area contributed by atoms with Gasteiger partial charge in [-0.25, -0.2) is 17.7 Å². The first kappa shape index (κ1) is 27.1. The summed E-state index contributed by atoms with van der Waals surface area (Å²) in [6, 6.07) is 7.40. The summed E-state index contributed by atoms with van der Waals surface area (Å²) in [6.45, 7) is 4.68. The zero-order chi connectivity index (χ0) is 25.7. The average Bonchev–Trinajstić information content (AvgIpc) is 2.90. The fourth-order valence-electron chi connectivity index (χ4n) is 4.59. The number of benzene rings is 1. The topological polar surface area (TPSA) is 101 Å². The van der Waals surface area contributed by atoms with Crippen molar-refractivity contribution < 1.29 is 17.9 Å². The molecule has 1 aromatic carbocycles. The van der Waals surface area contributed by atoms with Gasteiger partial charge >= 0.3 is 0 Å². The van der Waals surface area contributed by atoms with Crippen molar-refractivity contribution in [2.45, 2.75) is 32.6 Å². The number of amides is 1. The van der Waals surface area contributed by atoms with Gasteiger partial charge in [-0.05, 0) is 62.8 Å². The van der Waals surface area contributed by atoms with E-state index in [9.17, 15) is 13.2 Å². The molecule has 1 aromatic heterocycles. The highest BCUT2D eigenvalue weighted by Gasteiger charge is 2.31. The van der Waals surface area contributed by atoms with Crippen LogP contribution >= 0.6 is 23.2 Å². The summed E-state index contributed by atoms with van der Waals surface area (Å²) in [4.78, 5) is 17.2. The number of aromatic nitrogens is 1. The number of pyridine rings is 1. The number of anilines is 2. The lowest BCUT2D eigenvalue weighted by Crippen LogP contribution is -2.44. The van der Waals surface area contributed by atoms with Crippen molar-refractivity contribution in [3.63, 3.8) is 0 Å². The van der Waals surface area contributed by atoms with Crippen LogP contribution in [0.1, 0.15) is 32.6 Å². The number of sulfonamides is 1. The molecule has 0 spiro atoms. The van der Waals surface area contributed by atoms with Gasteiger partial charge in [-0.2, -0.15) is 0 Å². The molecule has 2 N–H and O–H groups in total. The standard InChI is InChI=1S/C25H32Cl2N4O4S/c1-2-36(33,34)31-9-3-4-18(16-31)25(32)30-24-13-21(23(27)15-29-24)20-12-19(5-6-22(20)26)28-14-17-7-10-35-11-8-17/h5-6,12-13,15,17-18,28H,2-4,7-11,14,16H2,1H3,(H,29,30,32)/t18-/m0/s1. The normalized spacial score (nSPS) is 19.7. The van der Waals surface area contributed by atoms with Crippen LogP contribution in [0.15, 0.2) is 30.5 Å². The molecule has 2 aliphatic heterocycles. The Hall–Kier alpha value is -1.91. The van der Waals surface area contributed by atoms with Gasteiger partial charge in [-0.1, -0.05) is 23.2 Å². The van der Waals surface area contributed by atoms with Crippen molar-refractivity contribution in [2.24, 2.45) is 11.8 Å².